The van der Waals surface area contributed by atoms with Crippen molar-refractivity contribution in [2.24, 2.45) is 0 Å². The van der Waals surface area contributed by atoms with Gasteiger partial charge in [-0.3, -0.25) is 4.90 Å². The molecule has 1 aliphatic rings. The van der Waals surface area contributed by atoms with Crippen LogP contribution in [0.2, 0.25) is 0 Å². The molecule has 1 aromatic rings. The molecule has 0 amide bonds. The van der Waals surface area contributed by atoms with Crippen molar-refractivity contribution in [2.75, 3.05) is 13.1 Å². The summed E-state index contributed by atoms with van der Waals surface area (Å²) in [6.45, 7) is 2.68. The van der Waals surface area contributed by atoms with Crippen LogP contribution in [0.15, 0.2) is 24.3 Å². The number of benzene rings is 1. The van der Waals surface area contributed by atoms with Gasteiger partial charge in [0.2, 0.25) is 0 Å². The van der Waals surface area contributed by atoms with Crippen LogP contribution < -0.4 is 0 Å². The van der Waals surface area contributed by atoms with Crippen molar-refractivity contribution in [2.45, 2.75) is 31.9 Å². The Labute approximate surface area is 95.7 Å². The van der Waals surface area contributed by atoms with Crippen molar-refractivity contribution >= 4 is 0 Å². The van der Waals surface area contributed by atoms with E-state index < -0.39 is 0 Å². The van der Waals surface area contributed by atoms with Crippen LogP contribution in [0.3, 0.4) is 0 Å². The van der Waals surface area contributed by atoms with E-state index in [-0.39, 0.29) is 11.9 Å². The van der Waals surface area contributed by atoms with Crippen LogP contribution in [-0.2, 0) is 6.54 Å². The van der Waals surface area contributed by atoms with Gasteiger partial charge in [0.1, 0.15) is 5.82 Å². The quantitative estimate of drug-likeness (QED) is 0.830. The Morgan fingerprint density at radius 3 is 3.00 bits per heavy atom. The Balaban J connectivity index is 1.93. The number of hydrogen-bond donors (Lipinski definition) is 1. The van der Waals surface area contributed by atoms with Crippen molar-refractivity contribution in [3.8, 4) is 0 Å². The largest absolute Gasteiger partial charge is 0.393 e. The fourth-order valence-corrected chi connectivity index (χ4v) is 2.19. The van der Waals surface area contributed by atoms with E-state index in [0.717, 1.165) is 44.5 Å². The summed E-state index contributed by atoms with van der Waals surface area (Å²) in [5.74, 6) is -0.174. The highest BCUT2D eigenvalue weighted by Crippen LogP contribution is 2.14. The molecule has 0 bridgehead atoms. The summed E-state index contributed by atoms with van der Waals surface area (Å²) in [5.41, 5.74) is 1.01. The monoisotopic (exact) mass is 223 g/mol. The molecular weight excluding hydrogens is 205 g/mol. The Kier molecular flexibility index (Phi) is 3.91. The summed E-state index contributed by atoms with van der Waals surface area (Å²) >= 11 is 0. The molecule has 16 heavy (non-hydrogen) atoms. The zero-order chi connectivity index (χ0) is 11.4. The highest BCUT2D eigenvalue weighted by molar-refractivity contribution is 5.16. The Morgan fingerprint density at radius 1 is 1.31 bits per heavy atom. The maximum Gasteiger partial charge on any atom is 0.123 e. The molecule has 2 nitrogen and oxygen atoms in total. The highest BCUT2D eigenvalue weighted by Gasteiger charge is 2.14. The molecule has 88 valence electrons. The number of aliphatic hydroxyl groups excluding tert-OH is 1. The molecule has 1 saturated heterocycles. The number of likely N-dealkylation sites (tertiary alicyclic amines) is 1. The summed E-state index contributed by atoms with van der Waals surface area (Å²) in [6, 6.07) is 6.75. The van der Waals surface area contributed by atoms with Crippen molar-refractivity contribution < 1.29 is 9.50 Å². The van der Waals surface area contributed by atoms with Crippen LogP contribution in [-0.4, -0.2) is 29.2 Å². The molecule has 0 unspecified atom stereocenters. The minimum absolute atomic E-state index is 0.155. The topological polar surface area (TPSA) is 23.5 Å². The molecule has 0 spiro atoms. The fourth-order valence-electron chi connectivity index (χ4n) is 2.19. The maximum atomic E-state index is 13.0. The van der Waals surface area contributed by atoms with Gasteiger partial charge in [-0.05, 0) is 43.5 Å². The van der Waals surface area contributed by atoms with Crippen LogP contribution in [0.4, 0.5) is 4.39 Å². The summed E-state index contributed by atoms with van der Waals surface area (Å²) in [5, 5.41) is 9.53. The number of nitrogens with zero attached hydrogens (tertiary/aromatic N) is 1. The van der Waals surface area contributed by atoms with E-state index >= 15 is 0 Å². The zero-order valence-corrected chi connectivity index (χ0v) is 9.40. The number of aliphatic hydroxyl groups is 1. The molecule has 1 heterocycles. The molecule has 2 rings (SSSR count). The van der Waals surface area contributed by atoms with Gasteiger partial charge in [0.15, 0.2) is 0 Å². The maximum absolute atomic E-state index is 13.0. The van der Waals surface area contributed by atoms with Crippen LogP contribution in [0, 0.1) is 5.82 Å². The molecule has 1 aromatic carbocycles. The van der Waals surface area contributed by atoms with Gasteiger partial charge in [-0.2, -0.15) is 0 Å². The van der Waals surface area contributed by atoms with Gasteiger partial charge in [-0.25, -0.2) is 4.39 Å². The molecule has 1 atom stereocenters. The van der Waals surface area contributed by atoms with Crippen molar-refractivity contribution in [3.63, 3.8) is 0 Å². The normalized spacial score (nSPS) is 23.0. The Hall–Kier alpha value is -0.930. The predicted molar refractivity (Wildman–Crippen MR) is 61.5 cm³/mol. The Bertz CT molecular complexity index is 342. The zero-order valence-electron chi connectivity index (χ0n) is 9.40. The molecule has 1 aliphatic heterocycles. The summed E-state index contributed by atoms with van der Waals surface area (Å²) in [4.78, 5) is 2.28. The molecular formula is C13H18FNO. The first-order valence-electron chi connectivity index (χ1n) is 5.89. The summed E-state index contributed by atoms with van der Waals surface area (Å²) < 4.78 is 13.0. The lowest BCUT2D eigenvalue weighted by atomic mass is 10.2. The van der Waals surface area contributed by atoms with Crippen LogP contribution >= 0.6 is 0 Å². The van der Waals surface area contributed by atoms with E-state index in [0.29, 0.717) is 0 Å². The third-order valence-corrected chi connectivity index (χ3v) is 3.09. The fraction of sp³-hybridized carbons (Fsp3) is 0.538. The molecule has 1 fully saturated rings. The third kappa shape index (κ3) is 3.29. The van der Waals surface area contributed by atoms with E-state index in [1.807, 2.05) is 6.07 Å². The van der Waals surface area contributed by atoms with E-state index in [1.54, 1.807) is 12.1 Å². The second-order valence-corrected chi connectivity index (χ2v) is 4.49. The van der Waals surface area contributed by atoms with Gasteiger partial charge >= 0.3 is 0 Å². The summed E-state index contributed by atoms with van der Waals surface area (Å²) in [7, 11) is 0. The lowest BCUT2D eigenvalue weighted by Gasteiger charge is -2.19. The molecule has 0 aliphatic carbocycles. The second-order valence-electron chi connectivity index (χ2n) is 4.49. The van der Waals surface area contributed by atoms with Gasteiger partial charge in [-0.15, -0.1) is 0 Å². The average Bonchev–Trinajstić information content (AvgIpc) is 2.44. The van der Waals surface area contributed by atoms with E-state index in [2.05, 4.69) is 4.90 Å². The third-order valence-electron chi connectivity index (χ3n) is 3.09. The Morgan fingerprint density at radius 2 is 2.19 bits per heavy atom. The van der Waals surface area contributed by atoms with Crippen LogP contribution in [0.1, 0.15) is 24.8 Å². The number of halogens is 1. The first-order valence-corrected chi connectivity index (χ1v) is 5.89. The molecule has 0 aromatic heterocycles. The van der Waals surface area contributed by atoms with Gasteiger partial charge in [0, 0.05) is 13.1 Å². The first-order chi connectivity index (χ1) is 7.74. The van der Waals surface area contributed by atoms with Gasteiger partial charge < -0.3 is 5.11 Å². The van der Waals surface area contributed by atoms with Crippen LogP contribution in [0.25, 0.3) is 0 Å². The predicted octanol–water partition coefficient (Wildman–Crippen LogP) is 2.17. The van der Waals surface area contributed by atoms with Crippen molar-refractivity contribution in [1.29, 1.82) is 0 Å². The van der Waals surface area contributed by atoms with E-state index in [4.69, 9.17) is 0 Å². The van der Waals surface area contributed by atoms with Crippen LogP contribution in [0.5, 0.6) is 0 Å². The molecule has 1 N–H and O–H groups in total. The van der Waals surface area contributed by atoms with Gasteiger partial charge in [0.25, 0.3) is 0 Å². The summed E-state index contributed by atoms with van der Waals surface area (Å²) in [6.07, 6.45) is 2.59. The smallest absolute Gasteiger partial charge is 0.123 e. The average molecular weight is 223 g/mol. The second kappa shape index (κ2) is 5.41. The first kappa shape index (κ1) is 11.6. The van der Waals surface area contributed by atoms with Gasteiger partial charge in [-0.1, -0.05) is 12.1 Å². The minimum Gasteiger partial charge on any atom is -0.393 e. The van der Waals surface area contributed by atoms with Gasteiger partial charge in [0.05, 0.1) is 6.10 Å². The van der Waals surface area contributed by atoms with E-state index in [9.17, 15) is 9.50 Å². The standard InChI is InChI=1S/C13H18FNO/c14-12-4-1-3-11(9-12)10-15-7-2-5-13(16)6-8-15/h1,3-4,9,13,16H,2,5-8,10H2/t13-/m1/s1. The number of hydrogen-bond acceptors (Lipinski definition) is 2. The molecule has 0 radical (unpaired) electrons. The van der Waals surface area contributed by atoms with Crippen molar-refractivity contribution in [1.82, 2.24) is 4.90 Å². The molecule has 0 saturated carbocycles. The highest BCUT2D eigenvalue weighted by atomic mass is 19.1. The lowest BCUT2D eigenvalue weighted by Crippen LogP contribution is -2.24. The van der Waals surface area contributed by atoms with E-state index in [1.165, 1.54) is 6.07 Å². The SMILES string of the molecule is O[C@@H]1CCCN(Cc2cccc(F)c2)CC1. The minimum atomic E-state index is -0.174. The number of rotatable bonds is 2. The molecule has 3 heteroatoms. The lowest BCUT2D eigenvalue weighted by molar-refractivity contribution is 0.154. The van der Waals surface area contributed by atoms with Crippen molar-refractivity contribution in [3.05, 3.63) is 35.6 Å².